The van der Waals surface area contributed by atoms with Gasteiger partial charge in [-0.25, -0.2) is 0 Å². The van der Waals surface area contributed by atoms with Crippen molar-refractivity contribution in [3.05, 3.63) is 48.9 Å². The average molecular weight is 260 g/mol. The summed E-state index contributed by atoms with van der Waals surface area (Å²) in [7, 11) is 0. The topological polar surface area (TPSA) is 41.9 Å². The molecule has 0 radical (unpaired) electrons. The molecule has 1 aliphatic heterocycles. The summed E-state index contributed by atoms with van der Waals surface area (Å²) in [5.41, 5.74) is 0.826. The molecule has 102 valence electrons. The van der Waals surface area contributed by atoms with Crippen LogP contribution in [0.15, 0.2) is 54.0 Å². The summed E-state index contributed by atoms with van der Waals surface area (Å²) in [6.07, 6.45) is 12.8. The van der Waals surface area contributed by atoms with E-state index >= 15 is 0 Å². The molecule has 1 amide bonds. The highest BCUT2D eigenvalue weighted by Gasteiger charge is 2.26. The lowest BCUT2D eigenvalue weighted by molar-refractivity contribution is -0.126. The van der Waals surface area contributed by atoms with Gasteiger partial charge in [-0.15, -0.1) is 5.10 Å². The number of rotatable bonds is 3. The van der Waals surface area contributed by atoms with E-state index < -0.39 is 0 Å². The van der Waals surface area contributed by atoms with E-state index in [9.17, 15) is 4.79 Å². The Hall–Kier alpha value is -2.10. The molecule has 0 N–H and O–H groups in total. The molecule has 19 heavy (non-hydrogen) atoms. The first kappa shape index (κ1) is 15.0. The number of allylic oxidation sites excluding steroid dienone is 5. The van der Waals surface area contributed by atoms with Crippen LogP contribution in [-0.2, 0) is 9.53 Å². The van der Waals surface area contributed by atoms with Gasteiger partial charge in [0.1, 0.15) is 6.42 Å². The predicted octanol–water partition coefficient (Wildman–Crippen LogP) is 3.51. The third-order valence-electron chi connectivity index (χ3n) is 2.39. The van der Waals surface area contributed by atoms with E-state index in [0.29, 0.717) is 5.90 Å². The Kier molecular flexibility index (Phi) is 6.36. The van der Waals surface area contributed by atoms with Crippen molar-refractivity contribution in [2.45, 2.75) is 33.1 Å². The van der Waals surface area contributed by atoms with Gasteiger partial charge in [-0.05, 0) is 25.0 Å². The summed E-state index contributed by atoms with van der Waals surface area (Å²) >= 11 is 0. The maximum atomic E-state index is 11.7. The lowest BCUT2D eigenvalue weighted by atomic mass is 10.1. The van der Waals surface area contributed by atoms with Gasteiger partial charge in [-0.1, -0.05) is 38.7 Å². The first-order valence-electron chi connectivity index (χ1n) is 6.52. The Bertz CT molecular complexity index is 445. The van der Waals surface area contributed by atoms with Crippen molar-refractivity contribution in [3.63, 3.8) is 0 Å². The van der Waals surface area contributed by atoms with Crippen LogP contribution in [0.5, 0.6) is 0 Å². The van der Waals surface area contributed by atoms with E-state index in [0.717, 1.165) is 18.5 Å². The van der Waals surface area contributed by atoms with Crippen molar-refractivity contribution in [1.29, 1.82) is 0 Å². The van der Waals surface area contributed by atoms with Gasteiger partial charge < -0.3 is 4.74 Å². The molecule has 0 aromatic carbocycles. The van der Waals surface area contributed by atoms with E-state index in [1.54, 1.807) is 12.2 Å². The Morgan fingerprint density at radius 3 is 2.84 bits per heavy atom. The van der Waals surface area contributed by atoms with Crippen LogP contribution in [0.4, 0.5) is 0 Å². The van der Waals surface area contributed by atoms with Crippen LogP contribution in [0.25, 0.3) is 0 Å². The number of hydrogen-bond donors (Lipinski definition) is 0. The summed E-state index contributed by atoms with van der Waals surface area (Å²) in [5.74, 6) is 0.345. The standard InChI is InChI=1S/C13H14N2O2.C2H6/c1-2-3-9-17-12-10-13(16)15(14-12)11-7-5-4-6-8-11;1-2/h2-3,5,7-9H,1,4,6,10H2;1-2H3/b9-3-;. The Morgan fingerprint density at radius 1 is 1.42 bits per heavy atom. The van der Waals surface area contributed by atoms with E-state index in [1.807, 2.05) is 32.1 Å². The highest BCUT2D eigenvalue weighted by atomic mass is 16.5. The molecule has 0 saturated carbocycles. The highest BCUT2D eigenvalue weighted by Crippen LogP contribution is 2.20. The van der Waals surface area contributed by atoms with Crippen LogP contribution in [0.1, 0.15) is 33.1 Å². The molecule has 0 spiro atoms. The minimum absolute atomic E-state index is 0.0650. The maximum absolute atomic E-state index is 11.7. The van der Waals surface area contributed by atoms with Gasteiger partial charge in [-0.2, -0.15) is 5.01 Å². The Morgan fingerprint density at radius 2 is 2.21 bits per heavy atom. The molecule has 1 heterocycles. The van der Waals surface area contributed by atoms with Crippen molar-refractivity contribution >= 4 is 11.8 Å². The quantitative estimate of drug-likeness (QED) is 0.575. The van der Waals surface area contributed by atoms with Crippen LogP contribution >= 0.6 is 0 Å². The third kappa shape index (κ3) is 4.25. The summed E-state index contributed by atoms with van der Waals surface area (Å²) in [5, 5.41) is 5.53. The van der Waals surface area contributed by atoms with Crippen LogP contribution in [0.2, 0.25) is 0 Å². The molecule has 2 rings (SSSR count). The van der Waals surface area contributed by atoms with Crippen molar-refractivity contribution in [1.82, 2.24) is 5.01 Å². The number of ether oxygens (including phenoxy) is 1. The zero-order valence-electron chi connectivity index (χ0n) is 11.5. The average Bonchev–Trinajstić information content (AvgIpc) is 2.83. The molecule has 0 saturated heterocycles. The second kappa shape index (κ2) is 8.08. The zero-order valence-corrected chi connectivity index (χ0v) is 11.5. The molecule has 0 aromatic rings. The summed E-state index contributed by atoms with van der Waals surface area (Å²) < 4.78 is 5.22. The number of nitrogens with zero attached hydrogens (tertiary/aromatic N) is 2. The Labute approximate surface area is 114 Å². The molecular formula is C15H20N2O2. The minimum Gasteiger partial charge on any atom is -0.448 e. The first-order valence-corrected chi connectivity index (χ1v) is 6.52. The number of amides is 1. The van der Waals surface area contributed by atoms with Gasteiger partial charge in [0, 0.05) is 0 Å². The SMILES string of the molecule is C=C/C=C\OC1=NN(C2=CCCC=C2)C(=O)C1.CC. The minimum atomic E-state index is -0.0650. The number of carbonyl (C=O) groups excluding carboxylic acids is 1. The number of hydrazone groups is 1. The summed E-state index contributed by atoms with van der Waals surface area (Å²) in [6.45, 7) is 7.53. The molecule has 2 aliphatic rings. The maximum Gasteiger partial charge on any atom is 0.256 e. The molecular weight excluding hydrogens is 240 g/mol. The van der Waals surface area contributed by atoms with Crippen LogP contribution < -0.4 is 0 Å². The monoisotopic (exact) mass is 260 g/mol. The second-order valence-corrected chi connectivity index (χ2v) is 3.67. The molecule has 0 unspecified atom stereocenters. The van der Waals surface area contributed by atoms with Gasteiger partial charge in [0.05, 0.1) is 12.0 Å². The smallest absolute Gasteiger partial charge is 0.256 e. The zero-order chi connectivity index (χ0) is 14.1. The Balaban J connectivity index is 0.000000861. The molecule has 0 bridgehead atoms. The van der Waals surface area contributed by atoms with E-state index in [4.69, 9.17) is 4.74 Å². The van der Waals surface area contributed by atoms with Crippen molar-refractivity contribution < 1.29 is 9.53 Å². The first-order chi connectivity index (χ1) is 9.31. The summed E-state index contributed by atoms with van der Waals surface area (Å²) in [4.78, 5) is 11.7. The van der Waals surface area contributed by atoms with Gasteiger partial charge in [0.25, 0.3) is 5.91 Å². The fourth-order valence-electron chi connectivity index (χ4n) is 1.60. The number of carbonyl (C=O) groups is 1. The largest absolute Gasteiger partial charge is 0.448 e. The molecule has 0 atom stereocenters. The lowest BCUT2D eigenvalue weighted by Crippen LogP contribution is -2.19. The van der Waals surface area contributed by atoms with E-state index in [2.05, 4.69) is 11.7 Å². The molecule has 4 nitrogen and oxygen atoms in total. The van der Waals surface area contributed by atoms with Crippen molar-refractivity contribution in [3.8, 4) is 0 Å². The lowest BCUT2D eigenvalue weighted by Gasteiger charge is -2.14. The third-order valence-corrected chi connectivity index (χ3v) is 2.39. The normalized spacial score (nSPS) is 17.8. The van der Waals surface area contributed by atoms with Gasteiger partial charge >= 0.3 is 0 Å². The van der Waals surface area contributed by atoms with Gasteiger partial charge in [0.2, 0.25) is 5.90 Å². The van der Waals surface area contributed by atoms with Crippen LogP contribution in [0, 0.1) is 0 Å². The van der Waals surface area contributed by atoms with Crippen molar-refractivity contribution in [2.75, 3.05) is 0 Å². The molecule has 4 heteroatoms. The van der Waals surface area contributed by atoms with Gasteiger partial charge in [-0.3, -0.25) is 4.79 Å². The molecule has 0 aromatic heterocycles. The van der Waals surface area contributed by atoms with E-state index in [-0.39, 0.29) is 12.3 Å². The van der Waals surface area contributed by atoms with Crippen LogP contribution in [-0.4, -0.2) is 16.8 Å². The number of hydrogen-bond acceptors (Lipinski definition) is 3. The fourth-order valence-corrected chi connectivity index (χ4v) is 1.60. The predicted molar refractivity (Wildman–Crippen MR) is 77.1 cm³/mol. The van der Waals surface area contributed by atoms with Gasteiger partial charge in [0.15, 0.2) is 0 Å². The van der Waals surface area contributed by atoms with Crippen molar-refractivity contribution in [2.24, 2.45) is 5.10 Å². The summed E-state index contributed by atoms with van der Waals surface area (Å²) in [6, 6.07) is 0. The van der Waals surface area contributed by atoms with Crippen LogP contribution in [0.3, 0.4) is 0 Å². The fraction of sp³-hybridized carbons (Fsp3) is 0.333. The van der Waals surface area contributed by atoms with E-state index in [1.165, 1.54) is 11.3 Å². The molecule has 1 aliphatic carbocycles. The highest BCUT2D eigenvalue weighted by molar-refractivity contribution is 6.02. The molecule has 0 fully saturated rings. The second-order valence-electron chi connectivity index (χ2n) is 3.67.